The second-order valence-electron chi connectivity index (χ2n) is 7.72. The highest BCUT2D eigenvalue weighted by molar-refractivity contribution is 5.73. The topological polar surface area (TPSA) is 47.6 Å². The molecule has 156 valence electrons. The third-order valence-electron chi connectivity index (χ3n) is 5.21. The van der Waals surface area contributed by atoms with E-state index in [1.165, 1.54) is 6.92 Å². The van der Waals surface area contributed by atoms with Crippen LogP contribution in [0.5, 0.6) is 11.5 Å². The molecule has 0 radical (unpaired) electrons. The fourth-order valence-electron chi connectivity index (χ4n) is 3.54. The fraction of sp³-hybridized carbons (Fsp3) is 0.222. The van der Waals surface area contributed by atoms with E-state index in [2.05, 4.69) is 23.2 Å². The van der Waals surface area contributed by atoms with E-state index >= 15 is 0 Å². The normalized spacial score (nSPS) is 15.1. The van der Waals surface area contributed by atoms with E-state index < -0.39 is 0 Å². The van der Waals surface area contributed by atoms with Crippen molar-refractivity contribution < 1.29 is 14.3 Å². The molecule has 0 bridgehead atoms. The van der Waals surface area contributed by atoms with E-state index in [0.29, 0.717) is 6.61 Å². The van der Waals surface area contributed by atoms with Crippen LogP contribution in [0.3, 0.4) is 0 Å². The molecule has 2 atom stereocenters. The quantitative estimate of drug-likeness (QED) is 0.629. The van der Waals surface area contributed by atoms with Crippen molar-refractivity contribution in [2.45, 2.75) is 39.0 Å². The SMILES string of the molecule is CC(=O)N[C@@H](C)[C@H]1Cc2ccc(C#Cc3ccc(OCc4ccccc4)cc3)cc2O1. The first-order chi connectivity index (χ1) is 15.1. The number of benzene rings is 3. The predicted octanol–water partition coefficient (Wildman–Crippen LogP) is 4.49. The molecule has 0 aliphatic carbocycles. The number of carbonyl (C=O) groups is 1. The number of rotatable bonds is 5. The Hall–Kier alpha value is -3.71. The average molecular weight is 412 g/mol. The average Bonchev–Trinajstić information content (AvgIpc) is 3.21. The minimum absolute atomic E-state index is 0.0398. The summed E-state index contributed by atoms with van der Waals surface area (Å²) < 4.78 is 11.9. The lowest BCUT2D eigenvalue weighted by Gasteiger charge is -2.19. The van der Waals surface area contributed by atoms with Crippen LogP contribution >= 0.6 is 0 Å². The molecule has 1 aliphatic rings. The molecular weight excluding hydrogens is 386 g/mol. The zero-order chi connectivity index (χ0) is 21.6. The standard InChI is InChI=1S/C27H25NO3/c1-19(28-20(2)29)26-17-24-13-10-22(16-27(24)31-26)9-8-21-11-14-25(15-12-21)30-18-23-6-4-3-5-7-23/h3-7,10-16,19,26H,17-18H2,1-2H3,(H,28,29)/t19-,26+/m0/s1. The number of fused-ring (bicyclic) bond motifs is 1. The van der Waals surface area contributed by atoms with Crippen LogP contribution in [0.15, 0.2) is 72.8 Å². The summed E-state index contributed by atoms with van der Waals surface area (Å²) in [4.78, 5) is 11.3. The van der Waals surface area contributed by atoms with Gasteiger partial charge in [-0.15, -0.1) is 0 Å². The Balaban J connectivity index is 1.37. The van der Waals surface area contributed by atoms with Crippen LogP contribution in [-0.2, 0) is 17.8 Å². The lowest BCUT2D eigenvalue weighted by atomic mass is 10.0. The molecule has 31 heavy (non-hydrogen) atoms. The van der Waals surface area contributed by atoms with Crippen LogP contribution in [-0.4, -0.2) is 18.1 Å². The largest absolute Gasteiger partial charge is 0.489 e. The Kier molecular flexibility index (Phi) is 6.24. The Labute approximate surface area is 183 Å². The van der Waals surface area contributed by atoms with Gasteiger partial charge in [-0.05, 0) is 54.4 Å². The van der Waals surface area contributed by atoms with Crippen LogP contribution in [0, 0.1) is 11.8 Å². The van der Waals surface area contributed by atoms with Crippen molar-refractivity contribution in [3.8, 4) is 23.3 Å². The summed E-state index contributed by atoms with van der Waals surface area (Å²) in [6.07, 6.45) is 0.736. The van der Waals surface area contributed by atoms with Gasteiger partial charge >= 0.3 is 0 Å². The minimum atomic E-state index is -0.0504. The second kappa shape index (κ2) is 9.40. The smallest absolute Gasteiger partial charge is 0.217 e. The van der Waals surface area contributed by atoms with Crippen molar-refractivity contribution in [3.63, 3.8) is 0 Å². The van der Waals surface area contributed by atoms with Gasteiger partial charge < -0.3 is 14.8 Å². The summed E-state index contributed by atoms with van der Waals surface area (Å²) in [5.74, 6) is 8.02. The molecule has 3 aromatic carbocycles. The van der Waals surface area contributed by atoms with Crippen molar-refractivity contribution in [1.82, 2.24) is 5.32 Å². The molecule has 0 fully saturated rings. The Morgan fingerprint density at radius 3 is 2.52 bits per heavy atom. The summed E-state index contributed by atoms with van der Waals surface area (Å²) in [6.45, 7) is 4.03. The molecule has 1 aliphatic heterocycles. The van der Waals surface area contributed by atoms with E-state index in [-0.39, 0.29) is 18.1 Å². The summed E-state index contributed by atoms with van der Waals surface area (Å²) in [6, 6.07) is 23.9. The first-order valence-corrected chi connectivity index (χ1v) is 10.4. The van der Waals surface area contributed by atoms with Crippen molar-refractivity contribution in [2.75, 3.05) is 0 Å². The van der Waals surface area contributed by atoms with Crippen LogP contribution in [0.1, 0.15) is 36.1 Å². The maximum Gasteiger partial charge on any atom is 0.217 e. The number of carbonyl (C=O) groups excluding carboxylic acids is 1. The van der Waals surface area contributed by atoms with Crippen molar-refractivity contribution in [3.05, 3.63) is 95.1 Å². The molecule has 1 heterocycles. The summed E-state index contributed by atoms with van der Waals surface area (Å²) in [5.41, 5.74) is 4.10. The molecule has 3 aromatic rings. The molecule has 4 heteroatoms. The van der Waals surface area contributed by atoms with Gasteiger partial charge in [0.05, 0.1) is 6.04 Å². The van der Waals surface area contributed by atoms with Gasteiger partial charge in [0.15, 0.2) is 0 Å². The molecule has 0 unspecified atom stereocenters. The maximum atomic E-state index is 11.3. The minimum Gasteiger partial charge on any atom is -0.489 e. The maximum absolute atomic E-state index is 11.3. The molecule has 0 saturated carbocycles. The molecule has 1 N–H and O–H groups in total. The van der Waals surface area contributed by atoms with Gasteiger partial charge in [-0.1, -0.05) is 48.2 Å². The number of amides is 1. The third-order valence-corrected chi connectivity index (χ3v) is 5.21. The van der Waals surface area contributed by atoms with Crippen LogP contribution < -0.4 is 14.8 Å². The van der Waals surface area contributed by atoms with Crippen LogP contribution in [0.25, 0.3) is 0 Å². The van der Waals surface area contributed by atoms with E-state index in [1.807, 2.05) is 73.7 Å². The zero-order valence-corrected chi connectivity index (χ0v) is 17.7. The lowest BCUT2D eigenvalue weighted by Crippen LogP contribution is -2.42. The summed E-state index contributed by atoms with van der Waals surface area (Å²) in [5, 5.41) is 2.90. The lowest BCUT2D eigenvalue weighted by molar-refractivity contribution is -0.120. The van der Waals surface area contributed by atoms with Crippen LogP contribution in [0.2, 0.25) is 0 Å². The van der Waals surface area contributed by atoms with E-state index in [4.69, 9.17) is 9.47 Å². The van der Waals surface area contributed by atoms with Gasteiger partial charge in [0.25, 0.3) is 0 Å². The molecule has 4 rings (SSSR count). The second-order valence-corrected chi connectivity index (χ2v) is 7.72. The molecule has 0 spiro atoms. The van der Waals surface area contributed by atoms with E-state index in [9.17, 15) is 4.79 Å². The van der Waals surface area contributed by atoms with Crippen molar-refractivity contribution in [1.29, 1.82) is 0 Å². The van der Waals surface area contributed by atoms with E-state index in [1.54, 1.807) is 0 Å². The molecule has 0 aromatic heterocycles. The van der Waals surface area contributed by atoms with Gasteiger partial charge in [0.2, 0.25) is 5.91 Å². The van der Waals surface area contributed by atoms with Gasteiger partial charge in [0, 0.05) is 24.5 Å². The van der Waals surface area contributed by atoms with Crippen molar-refractivity contribution in [2.24, 2.45) is 0 Å². The highest BCUT2D eigenvalue weighted by Gasteiger charge is 2.28. The summed E-state index contributed by atoms with van der Waals surface area (Å²) in [7, 11) is 0. The molecular formula is C27H25NO3. The monoisotopic (exact) mass is 411 g/mol. The van der Waals surface area contributed by atoms with Gasteiger partial charge in [-0.2, -0.15) is 0 Å². The molecule has 1 amide bonds. The van der Waals surface area contributed by atoms with Gasteiger partial charge in [-0.3, -0.25) is 4.79 Å². The molecule has 4 nitrogen and oxygen atoms in total. The number of nitrogens with one attached hydrogen (secondary N) is 1. The highest BCUT2D eigenvalue weighted by atomic mass is 16.5. The predicted molar refractivity (Wildman–Crippen MR) is 121 cm³/mol. The fourth-order valence-corrected chi connectivity index (χ4v) is 3.54. The first kappa shape index (κ1) is 20.6. The Bertz CT molecular complexity index is 1110. The third kappa shape index (κ3) is 5.46. The molecule has 0 saturated heterocycles. The Morgan fingerprint density at radius 2 is 1.77 bits per heavy atom. The van der Waals surface area contributed by atoms with Gasteiger partial charge in [0.1, 0.15) is 24.2 Å². The number of hydrogen-bond donors (Lipinski definition) is 1. The number of ether oxygens (including phenoxy) is 2. The van der Waals surface area contributed by atoms with E-state index in [0.717, 1.165) is 40.2 Å². The zero-order valence-electron chi connectivity index (χ0n) is 17.7. The first-order valence-electron chi connectivity index (χ1n) is 10.4. The number of hydrogen-bond acceptors (Lipinski definition) is 3. The highest BCUT2D eigenvalue weighted by Crippen LogP contribution is 2.31. The summed E-state index contributed by atoms with van der Waals surface area (Å²) >= 11 is 0. The van der Waals surface area contributed by atoms with Crippen molar-refractivity contribution >= 4 is 5.91 Å². The Morgan fingerprint density at radius 1 is 1.06 bits per heavy atom. The van der Waals surface area contributed by atoms with Crippen LogP contribution in [0.4, 0.5) is 0 Å². The van der Waals surface area contributed by atoms with Gasteiger partial charge in [-0.25, -0.2) is 0 Å².